The molecule has 1 saturated heterocycles. The minimum absolute atomic E-state index is 0.283. The molecule has 7 heteroatoms. The van der Waals surface area contributed by atoms with E-state index in [1.54, 1.807) is 4.90 Å². The second kappa shape index (κ2) is 8.17. The van der Waals surface area contributed by atoms with E-state index in [4.69, 9.17) is 5.11 Å². The van der Waals surface area contributed by atoms with Crippen LogP contribution in [0.4, 0.5) is 4.79 Å². The van der Waals surface area contributed by atoms with Crippen LogP contribution in [-0.4, -0.2) is 53.6 Å². The summed E-state index contributed by atoms with van der Waals surface area (Å²) in [6, 6.07) is 8.21. The zero-order valence-corrected chi connectivity index (χ0v) is 12.8. The Bertz CT molecular complexity index is 556. The number of amides is 3. The Morgan fingerprint density at radius 1 is 1.13 bits per heavy atom. The topological polar surface area (TPSA) is 98.7 Å². The Morgan fingerprint density at radius 3 is 2.39 bits per heavy atom. The molecule has 1 aromatic rings. The van der Waals surface area contributed by atoms with Gasteiger partial charge in [-0.2, -0.15) is 0 Å². The largest absolute Gasteiger partial charge is 0.480 e. The molecule has 0 radical (unpaired) electrons. The summed E-state index contributed by atoms with van der Waals surface area (Å²) in [5.74, 6) is -1.62. The lowest BCUT2D eigenvalue weighted by Gasteiger charge is -2.22. The second-order valence-corrected chi connectivity index (χ2v) is 5.50. The summed E-state index contributed by atoms with van der Waals surface area (Å²) >= 11 is 0. The van der Waals surface area contributed by atoms with Crippen LogP contribution in [0.15, 0.2) is 30.3 Å². The van der Waals surface area contributed by atoms with E-state index in [2.05, 4.69) is 10.6 Å². The van der Waals surface area contributed by atoms with Crippen molar-refractivity contribution >= 4 is 17.9 Å². The molecule has 3 N–H and O–H groups in total. The molecule has 7 nitrogen and oxygen atoms in total. The van der Waals surface area contributed by atoms with Crippen LogP contribution in [-0.2, 0) is 16.0 Å². The predicted octanol–water partition coefficient (Wildman–Crippen LogP) is 0.604. The van der Waals surface area contributed by atoms with Gasteiger partial charge in [0.2, 0.25) is 5.91 Å². The first-order valence-corrected chi connectivity index (χ1v) is 7.65. The maximum absolute atomic E-state index is 12.2. The SMILES string of the molecule is O=C(O)CNC(=O)[C@H](Cc1ccccc1)NC(=O)N1CCCC1. The van der Waals surface area contributed by atoms with Gasteiger partial charge < -0.3 is 20.6 Å². The van der Waals surface area contributed by atoms with Gasteiger partial charge in [0.05, 0.1) is 0 Å². The van der Waals surface area contributed by atoms with Crippen molar-refractivity contribution in [1.29, 1.82) is 0 Å². The fourth-order valence-electron chi connectivity index (χ4n) is 2.51. The molecule has 2 rings (SSSR count). The van der Waals surface area contributed by atoms with Gasteiger partial charge in [0, 0.05) is 19.5 Å². The van der Waals surface area contributed by atoms with Gasteiger partial charge in [-0.3, -0.25) is 9.59 Å². The van der Waals surface area contributed by atoms with Crippen LogP contribution < -0.4 is 10.6 Å². The monoisotopic (exact) mass is 319 g/mol. The van der Waals surface area contributed by atoms with Crippen LogP contribution in [0.1, 0.15) is 18.4 Å². The van der Waals surface area contributed by atoms with Crippen LogP contribution in [0.2, 0.25) is 0 Å². The van der Waals surface area contributed by atoms with Gasteiger partial charge >= 0.3 is 12.0 Å². The van der Waals surface area contributed by atoms with E-state index in [0.717, 1.165) is 18.4 Å². The van der Waals surface area contributed by atoms with Crippen molar-refractivity contribution in [3.8, 4) is 0 Å². The first kappa shape index (κ1) is 16.8. The summed E-state index contributed by atoms with van der Waals surface area (Å²) in [7, 11) is 0. The number of carboxylic acids is 1. The van der Waals surface area contributed by atoms with Crippen LogP contribution >= 0.6 is 0 Å². The molecule has 1 aliphatic rings. The number of rotatable bonds is 6. The van der Waals surface area contributed by atoms with Gasteiger partial charge in [0.25, 0.3) is 0 Å². The maximum atomic E-state index is 12.2. The lowest BCUT2D eigenvalue weighted by atomic mass is 10.1. The average Bonchev–Trinajstić information content (AvgIpc) is 3.07. The zero-order chi connectivity index (χ0) is 16.7. The Labute approximate surface area is 134 Å². The van der Waals surface area contributed by atoms with Crippen molar-refractivity contribution in [3.63, 3.8) is 0 Å². The lowest BCUT2D eigenvalue weighted by molar-refractivity contribution is -0.138. The van der Waals surface area contributed by atoms with Crippen molar-refractivity contribution in [3.05, 3.63) is 35.9 Å². The predicted molar refractivity (Wildman–Crippen MR) is 83.9 cm³/mol. The third-order valence-corrected chi connectivity index (χ3v) is 3.70. The fraction of sp³-hybridized carbons (Fsp3) is 0.438. The standard InChI is InChI=1S/C16H21N3O4/c20-14(21)11-17-15(22)13(10-12-6-2-1-3-7-12)18-16(23)19-8-4-5-9-19/h1-3,6-7,13H,4-5,8-11H2,(H,17,22)(H,18,23)(H,20,21)/t13-/m0/s1. The molecule has 0 aliphatic carbocycles. The molecule has 0 aromatic heterocycles. The van der Waals surface area contributed by atoms with E-state index >= 15 is 0 Å². The smallest absolute Gasteiger partial charge is 0.322 e. The highest BCUT2D eigenvalue weighted by molar-refractivity contribution is 5.89. The molecule has 0 unspecified atom stereocenters. The average molecular weight is 319 g/mol. The highest BCUT2D eigenvalue weighted by atomic mass is 16.4. The van der Waals surface area contributed by atoms with Crippen LogP contribution in [0.25, 0.3) is 0 Å². The van der Waals surface area contributed by atoms with Gasteiger partial charge in [0.15, 0.2) is 0 Å². The van der Waals surface area contributed by atoms with Gasteiger partial charge in [0.1, 0.15) is 12.6 Å². The maximum Gasteiger partial charge on any atom is 0.322 e. The molecular weight excluding hydrogens is 298 g/mol. The van der Waals surface area contributed by atoms with Crippen molar-refractivity contribution < 1.29 is 19.5 Å². The Hall–Kier alpha value is -2.57. The first-order chi connectivity index (χ1) is 11.1. The van der Waals surface area contributed by atoms with E-state index < -0.39 is 24.5 Å². The molecule has 1 atom stereocenters. The summed E-state index contributed by atoms with van der Waals surface area (Å²) in [5.41, 5.74) is 0.893. The number of hydrogen-bond donors (Lipinski definition) is 3. The molecule has 1 heterocycles. The number of nitrogens with zero attached hydrogens (tertiary/aromatic N) is 1. The Kier molecular flexibility index (Phi) is 5.96. The summed E-state index contributed by atoms with van der Waals surface area (Å²) < 4.78 is 0. The molecule has 0 bridgehead atoms. The molecular formula is C16H21N3O4. The van der Waals surface area contributed by atoms with Crippen molar-refractivity contribution in [1.82, 2.24) is 15.5 Å². The van der Waals surface area contributed by atoms with Crippen LogP contribution in [0, 0.1) is 0 Å². The normalized spacial score (nSPS) is 15.0. The molecule has 124 valence electrons. The Morgan fingerprint density at radius 2 is 1.78 bits per heavy atom. The van der Waals surface area contributed by atoms with Crippen LogP contribution in [0.5, 0.6) is 0 Å². The van der Waals surface area contributed by atoms with Crippen molar-refractivity contribution in [2.45, 2.75) is 25.3 Å². The molecule has 0 saturated carbocycles. The van der Waals surface area contributed by atoms with Crippen molar-refractivity contribution in [2.75, 3.05) is 19.6 Å². The number of benzene rings is 1. The van der Waals surface area contributed by atoms with E-state index in [9.17, 15) is 14.4 Å². The number of likely N-dealkylation sites (tertiary alicyclic amines) is 1. The third kappa shape index (κ3) is 5.28. The van der Waals surface area contributed by atoms with Gasteiger partial charge in [-0.1, -0.05) is 30.3 Å². The summed E-state index contributed by atoms with van der Waals surface area (Å²) in [5, 5.41) is 13.7. The molecule has 1 aliphatic heterocycles. The first-order valence-electron chi connectivity index (χ1n) is 7.65. The summed E-state index contributed by atoms with van der Waals surface area (Å²) in [4.78, 5) is 36.7. The number of carbonyl (C=O) groups is 3. The molecule has 0 spiro atoms. The lowest BCUT2D eigenvalue weighted by Crippen LogP contribution is -2.52. The number of urea groups is 1. The van der Waals surface area contributed by atoms with E-state index in [-0.39, 0.29) is 6.03 Å². The quantitative estimate of drug-likeness (QED) is 0.715. The number of carboxylic acid groups (broad SMARTS) is 1. The molecule has 23 heavy (non-hydrogen) atoms. The number of aliphatic carboxylic acids is 1. The second-order valence-electron chi connectivity index (χ2n) is 5.50. The zero-order valence-electron chi connectivity index (χ0n) is 12.8. The van der Waals surface area contributed by atoms with Gasteiger partial charge in [-0.05, 0) is 18.4 Å². The van der Waals surface area contributed by atoms with Crippen molar-refractivity contribution in [2.24, 2.45) is 0 Å². The highest BCUT2D eigenvalue weighted by Gasteiger charge is 2.25. The molecule has 3 amide bonds. The summed E-state index contributed by atoms with van der Waals surface area (Å²) in [6.45, 7) is 0.894. The highest BCUT2D eigenvalue weighted by Crippen LogP contribution is 2.09. The Balaban J connectivity index is 2.01. The third-order valence-electron chi connectivity index (χ3n) is 3.70. The van der Waals surface area contributed by atoms with E-state index in [1.807, 2.05) is 30.3 Å². The molecule has 1 fully saturated rings. The van der Waals surface area contributed by atoms with Crippen LogP contribution in [0.3, 0.4) is 0 Å². The number of carbonyl (C=O) groups excluding carboxylic acids is 2. The van der Waals surface area contributed by atoms with Gasteiger partial charge in [-0.15, -0.1) is 0 Å². The summed E-state index contributed by atoms with van der Waals surface area (Å²) in [6.07, 6.45) is 2.23. The van der Waals surface area contributed by atoms with Gasteiger partial charge in [-0.25, -0.2) is 4.79 Å². The fourth-order valence-corrected chi connectivity index (χ4v) is 2.51. The van der Waals surface area contributed by atoms with E-state index in [0.29, 0.717) is 19.5 Å². The van der Waals surface area contributed by atoms with E-state index in [1.165, 1.54) is 0 Å². The minimum atomic E-state index is -1.12. The minimum Gasteiger partial charge on any atom is -0.480 e. The molecule has 1 aromatic carbocycles. The number of nitrogens with one attached hydrogen (secondary N) is 2. The number of hydrogen-bond acceptors (Lipinski definition) is 3.